The molecule has 0 aromatic carbocycles. The van der Waals surface area contributed by atoms with E-state index in [0.29, 0.717) is 19.5 Å². The first-order valence-electron chi connectivity index (χ1n) is 3.46. The van der Waals surface area contributed by atoms with E-state index in [1.807, 2.05) is 0 Å². The van der Waals surface area contributed by atoms with E-state index in [1.165, 1.54) is 0 Å². The standard InChI is InChI=1S/C6H10N2O2/c7-2-4-3-8-5(9)1-6(8)10-4/h4,6H,1-3,7H2/t4-,6-/m1/s1. The topological polar surface area (TPSA) is 55.6 Å². The van der Waals surface area contributed by atoms with Crippen molar-refractivity contribution in [2.24, 2.45) is 5.73 Å². The summed E-state index contributed by atoms with van der Waals surface area (Å²) in [7, 11) is 0. The van der Waals surface area contributed by atoms with Gasteiger partial charge in [0, 0.05) is 6.54 Å². The first-order chi connectivity index (χ1) is 4.81. The van der Waals surface area contributed by atoms with Gasteiger partial charge in [0.25, 0.3) is 0 Å². The molecule has 2 atom stereocenters. The third kappa shape index (κ3) is 0.660. The molecule has 1 amide bonds. The zero-order valence-corrected chi connectivity index (χ0v) is 5.62. The average Bonchev–Trinajstić information content (AvgIpc) is 2.26. The summed E-state index contributed by atoms with van der Waals surface area (Å²) in [4.78, 5) is 12.5. The van der Waals surface area contributed by atoms with Crippen molar-refractivity contribution >= 4 is 5.91 Å². The number of β-lactam (4-membered cyclic amide) rings is 1. The molecule has 0 unspecified atom stereocenters. The fraction of sp³-hybridized carbons (Fsp3) is 0.833. The Morgan fingerprint density at radius 3 is 3.10 bits per heavy atom. The Bertz CT molecular complexity index is 171. The Kier molecular flexibility index (Phi) is 1.18. The molecule has 2 aliphatic heterocycles. The van der Waals surface area contributed by atoms with Crippen molar-refractivity contribution in [3.05, 3.63) is 0 Å². The van der Waals surface area contributed by atoms with Crippen LogP contribution in [0.2, 0.25) is 0 Å². The van der Waals surface area contributed by atoms with Crippen LogP contribution in [0, 0.1) is 0 Å². The molecule has 10 heavy (non-hydrogen) atoms. The van der Waals surface area contributed by atoms with Crippen LogP contribution < -0.4 is 5.73 Å². The Morgan fingerprint density at radius 1 is 1.80 bits per heavy atom. The second-order valence-corrected chi connectivity index (χ2v) is 2.70. The molecule has 2 saturated heterocycles. The number of nitrogens with zero attached hydrogens (tertiary/aromatic N) is 1. The van der Waals surface area contributed by atoms with Crippen LogP contribution in [0.5, 0.6) is 0 Å². The van der Waals surface area contributed by atoms with E-state index >= 15 is 0 Å². The Morgan fingerprint density at radius 2 is 2.60 bits per heavy atom. The summed E-state index contributed by atoms with van der Waals surface area (Å²) in [5, 5.41) is 0. The zero-order valence-electron chi connectivity index (χ0n) is 5.62. The van der Waals surface area contributed by atoms with Gasteiger partial charge in [-0.2, -0.15) is 0 Å². The lowest BCUT2D eigenvalue weighted by Gasteiger charge is -2.31. The highest BCUT2D eigenvalue weighted by Crippen LogP contribution is 2.27. The van der Waals surface area contributed by atoms with E-state index in [1.54, 1.807) is 4.90 Å². The minimum atomic E-state index is 0.0565. The van der Waals surface area contributed by atoms with E-state index in [0.717, 1.165) is 0 Å². The molecule has 0 aromatic heterocycles. The summed E-state index contributed by atoms with van der Waals surface area (Å²) in [5.41, 5.74) is 5.37. The molecule has 2 rings (SSSR count). The lowest BCUT2D eigenvalue weighted by Crippen LogP contribution is -2.48. The van der Waals surface area contributed by atoms with E-state index in [9.17, 15) is 4.79 Å². The molecule has 2 heterocycles. The Balaban J connectivity index is 1.99. The van der Waals surface area contributed by atoms with Gasteiger partial charge in [-0.25, -0.2) is 0 Å². The van der Waals surface area contributed by atoms with Crippen LogP contribution in [-0.2, 0) is 9.53 Å². The van der Waals surface area contributed by atoms with Crippen LogP contribution >= 0.6 is 0 Å². The number of fused-ring (bicyclic) bond motifs is 1. The van der Waals surface area contributed by atoms with Gasteiger partial charge < -0.3 is 15.4 Å². The average molecular weight is 142 g/mol. The van der Waals surface area contributed by atoms with Crippen molar-refractivity contribution in [3.63, 3.8) is 0 Å². The second-order valence-electron chi connectivity index (χ2n) is 2.70. The lowest BCUT2D eigenvalue weighted by atomic mass is 10.2. The maximum Gasteiger partial charge on any atom is 0.229 e. The molecule has 4 heteroatoms. The van der Waals surface area contributed by atoms with Crippen LogP contribution in [0.25, 0.3) is 0 Å². The number of hydrogen-bond acceptors (Lipinski definition) is 3. The molecule has 0 spiro atoms. The number of ether oxygens (including phenoxy) is 1. The first kappa shape index (κ1) is 6.12. The normalized spacial score (nSPS) is 37.7. The predicted octanol–water partition coefficient (Wildman–Crippen LogP) is -1.10. The molecule has 0 aliphatic carbocycles. The monoisotopic (exact) mass is 142 g/mol. The van der Waals surface area contributed by atoms with Crippen LogP contribution in [0.3, 0.4) is 0 Å². The van der Waals surface area contributed by atoms with Gasteiger partial charge in [-0.3, -0.25) is 4.79 Å². The maximum absolute atomic E-state index is 10.8. The summed E-state index contributed by atoms with van der Waals surface area (Å²) < 4.78 is 5.36. The van der Waals surface area contributed by atoms with Crippen molar-refractivity contribution in [2.75, 3.05) is 13.1 Å². The van der Waals surface area contributed by atoms with Crippen molar-refractivity contribution in [1.29, 1.82) is 0 Å². The van der Waals surface area contributed by atoms with E-state index < -0.39 is 0 Å². The largest absolute Gasteiger partial charge is 0.351 e. The number of rotatable bonds is 1. The highest BCUT2D eigenvalue weighted by Gasteiger charge is 2.44. The molecule has 0 bridgehead atoms. The molecule has 0 saturated carbocycles. The van der Waals surface area contributed by atoms with Gasteiger partial charge in [-0.1, -0.05) is 0 Å². The van der Waals surface area contributed by atoms with Crippen molar-refractivity contribution in [2.45, 2.75) is 18.8 Å². The lowest BCUT2D eigenvalue weighted by molar-refractivity contribution is -0.156. The Hall–Kier alpha value is -0.610. The number of amides is 1. The van der Waals surface area contributed by atoms with Crippen LogP contribution in [-0.4, -0.2) is 36.2 Å². The van der Waals surface area contributed by atoms with Gasteiger partial charge in [-0.15, -0.1) is 0 Å². The van der Waals surface area contributed by atoms with Gasteiger partial charge in [0.15, 0.2) is 0 Å². The highest BCUT2D eigenvalue weighted by atomic mass is 16.5. The molecule has 0 radical (unpaired) electrons. The predicted molar refractivity (Wildman–Crippen MR) is 34.0 cm³/mol. The van der Waals surface area contributed by atoms with Crippen molar-refractivity contribution in [3.8, 4) is 0 Å². The molecule has 2 N–H and O–H groups in total. The number of carbonyl (C=O) groups excluding carboxylic acids is 1. The van der Waals surface area contributed by atoms with E-state index in [2.05, 4.69) is 0 Å². The van der Waals surface area contributed by atoms with Gasteiger partial charge >= 0.3 is 0 Å². The summed E-state index contributed by atoms with van der Waals surface area (Å²) in [6, 6.07) is 0. The van der Waals surface area contributed by atoms with Crippen LogP contribution in [0.15, 0.2) is 0 Å². The van der Waals surface area contributed by atoms with Crippen LogP contribution in [0.4, 0.5) is 0 Å². The molecule has 4 nitrogen and oxygen atoms in total. The minimum absolute atomic E-state index is 0.0565. The molecule has 2 fully saturated rings. The quantitative estimate of drug-likeness (QED) is 0.473. The summed E-state index contributed by atoms with van der Waals surface area (Å²) in [6.45, 7) is 1.21. The molecular weight excluding hydrogens is 132 g/mol. The fourth-order valence-electron chi connectivity index (χ4n) is 1.38. The zero-order chi connectivity index (χ0) is 7.14. The number of hydrogen-bond donors (Lipinski definition) is 1. The third-order valence-corrected chi connectivity index (χ3v) is 2.03. The third-order valence-electron chi connectivity index (χ3n) is 2.03. The fourth-order valence-corrected chi connectivity index (χ4v) is 1.38. The van der Waals surface area contributed by atoms with Gasteiger partial charge in [-0.05, 0) is 0 Å². The minimum Gasteiger partial charge on any atom is -0.351 e. The molecule has 0 aromatic rings. The van der Waals surface area contributed by atoms with Crippen molar-refractivity contribution in [1.82, 2.24) is 4.90 Å². The summed E-state index contributed by atoms with van der Waals surface area (Å²) in [6.07, 6.45) is 0.689. The number of carbonyl (C=O) groups is 1. The first-order valence-corrected chi connectivity index (χ1v) is 3.46. The van der Waals surface area contributed by atoms with Crippen molar-refractivity contribution < 1.29 is 9.53 Å². The SMILES string of the molecule is NC[C@@H]1CN2C(=O)C[C@H]2O1. The number of nitrogens with two attached hydrogens (primary N) is 1. The smallest absolute Gasteiger partial charge is 0.229 e. The summed E-state index contributed by atoms with van der Waals surface area (Å²) >= 11 is 0. The van der Waals surface area contributed by atoms with Gasteiger partial charge in [0.2, 0.25) is 5.91 Å². The van der Waals surface area contributed by atoms with E-state index in [-0.39, 0.29) is 18.2 Å². The summed E-state index contributed by atoms with van der Waals surface area (Å²) in [5.74, 6) is 0.195. The molecule has 56 valence electrons. The Labute approximate surface area is 58.9 Å². The highest BCUT2D eigenvalue weighted by molar-refractivity contribution is 5.82. The van der Waals surface area contributed by atoms with Gasteiger partial charge in [0.1, 0.15) is 6.23 Å². The molecular formula is C6H10N2O2. The maximum atomic E-state index is 10.8. The van der Waals surface area contributed by atoms with Crippen LogP contribution in [0.1, 0.15) is 6.42 Å². The van der Waals surface area contributed by atoms with Gasteiger partial charge in [0.05, 0.1) is 19.1 Å². The van der Waals surface area contributed by atoms with E-state index in [4.69, 9.17) is 10.5 Å². The molecule has 2 aliphatic rings. The second kappa shape index (κ2) is 1.93.